The van der Waals surface area contributed by atoms with E-state index in [-0.39, 0.29) is 18.4 Å². The summed E-state index contributed by atoms with van der Waals surface area (Å²) in [7, 11) is 0. The van der Waals surface area contributed by atoms with Crippen molar-refractivity contribution in [1.29, 1.82) is 0 Å². The van der Waals surface area contributed by atoms with E-state index >= 15 is 0 Å². The number of piperidine rings is 1. The first kappa shape index (κ1) is 27.1. The molecule has 0 bridgehead atoms. The molecule has 9 nitrogen and oxygen atoms in total. The maximum Gasteiger partial charge on any atom is 0.326 e. The smallest absolute Gasteiger partial charge is 0.326 e. The molecule has 0 aliphatic carbocycles. The van der Waals surface area contributed by atoms with Crippen LogP contribution in [0.1, 0.15) is 25.6 Å². The third kappa shape index (κ3) is 5.76. The van der Waals surface area contributed by atoms with Gasteiger partial charge < -0.3 is 32.7 Å². The molecule has 1 aliphatic rings. The lowest BCUT2D eigenvalue weighted by molar-refractivity contribution is -0.643. The second-order valence-corrected chi connectivity index (χ2v) is 10.2. The number of carbonyl (C=O) groups is 2. The summed E-state index contributed by atoms with van der Waals surface area (Å²) in [6.07, 6.45) is 1.01. The zero-order valence-electron chi connectivity index (χ0n) is 22.4. The van der Waals surface area contributed by atoms with Crippen molar-refractivity contribution in [2.75, 3.05) is 23.5 Å². The summed E-state index contributed by atoms with van der Waals surface area (Å²) < 4.78 is 9.72. The summed E-state index contributed by atoms with van der Waals surface area (Å²) in [6.45, 7) is 4.11. The molecule has 1 fully saturated rings. The Balaban J connectivity index is 1.28. The number of rotatable bonds is 9. The lowest BCUT2D eigenvalue weighted by atomic mass is 9.89. The molecular formula is C30H31N5O4S. The van der Waals surface area contributed by atoms with Crippen LogP contribution in [0.4, 0.5) is 11.4 Å². The van der Waals surface area contributed by atoms with Crippen LogP contribution in [0.2, 0.25) is 0 Å². The summed E-state index contributed by atoms with van der Waals surface area (Å²) in [4.78, 5) is 25.7. The lowest BCUT2D eigenvalue weighted by Crippen LogP contribution is -2.49. The number of hydrogen-bond donors (Lipinski definition) is 2. The largest absolute Gasteiger partial charge is 0.702 e. The number of nitrogens with one attached hydrogen (secondary N) is 1. The van der Waals surface area contributed by atoms with Crippen molar-refractivity contribution in [3.8, 4) is 17.1 Å². The molecular weight excluding hydrogens is 526 g/mol. The fraction of sp³-hybridized carbons (Fsp3) is 0.267. The van der Waals surface area contributed by atoms with Crippen LogP contribution in [-0.4, -0.2) is 46.0 Å². The highest BCUT2D eigenvalue weighted by Gasteiger charge is 2.34. The molecule has 0 saturated carbocycles. The standard InChI is InChI=1S/C30H31N5O4S/c1-20(36)22-14-15-28(29(37)38)33(18-22)25-11-7-13-27(17-25)39-19-31-23-8-6-12-26(16-23)34-21(2)35(32-30(34)40)24-9-4-3-5-10-24/h3-13,16-17,22,28,31H,14-15,18-19H2,1-2H3,(H-,32,37,38,40). The van der Waals surface area contributed by atoms with Crippen molar-refractivity contribution in [2.24, 2.45) is 5.92 Å². The molecule has 1 saturated heterocycles. The average molecular weight is 558 g/mol. The number of carboxylic acids is 1. The topological polar surface area (TPSA) is 101 Å². The molecule has 0 radical (unpaired) electrons. The molecule has 2 N–H and O–H groups in total. The summed E-state index contributed by atoms with van der Waals surface area (Å²) in [5, 5.41) is 18.0. The molecule has 4 aromatic rings. The first-order chi connectivity index (χ1) is 19.3. The summed E-state index contributed by atoms with van der Waals surface area (Å²) >= 11 is 5.58. The van der Waals surface area contributed by atoms with Gasteiger partial charge in [0.05, 0.1) is 0 Å². The zero-order valence-corrected chi connectivity index (χ0v) is 23.2. The van der Waals surface area contributed by atoms with Crippen LogP contribution in [0.3, 0.4) is 0 Å². The second-order valence-electron chi connectivity index (χ2n) is 9.82. The van der Waals surface area contributed by atoms with Crippen molar-refractivity contribution in [3.05, 3.63) is 84.7 Å². The minimum absolute atomic E-state index is 0.0802. The van der Waals surface area contributed by atoms with Crippen molar-refractivity contribution < 1.29 is 24.0 Å². The lowest BCUT2D eigenvalue weighted by Gasteiger charge is -2.38. The number of ether oxygens (including phenoxy) is 1. The van der Waals surface area contributed by atoms with Gasteiger partial charge in [-0.25, -0.2) is 9.36 Å². The fourth-order valence-electron chi connectivity index (χ4n) is 5.10. The van der Waals surface area contributed by atoms with E-state index in [9.17, 15) is 14.7 Å². The van der Waals surface area contributed by atoms with Gasteiger partial charge in [-0.2, -0.15) is 0 Å². The normalized spacial score (nSPS) is 16.9. The molecule has 2 atom stereocenters. The van der Waals surface area contributed by atoms with Crippen LogP contribution in [-0.2, 0) is 22.2 Å². The van der Waals surface area contributed by atoms with Gasteiger partial charge in [0.2, 0.25) is 5.82 Å². The maximum absolute atomic E-state index is 12.0. The Bertz CT molecular complexity index is 1520. The van der Waals surface area contributed by atoms with E-state index < -0.39 is 12.0 Å². The van der Waals surface area contributed by atoms with Gasteiger partial charge >= 0.3 is 5.97 Å². The monoisotopic (exact) mass is 557 g/mol. The number of carboxylic acid groups (broad SMARTS) is 1. The van der Waals surface area contributed by atoms with Crippen LogP contribution >= 0.6 is 0 Å². The number of carbonyl (C=O) groups excluding carboxylic acids is 1. The molecule has 0 spiro atoms. The molecule has 1 aliphatic heterocycles. The number of ketones is 1. The third-order valence-electron chi connectivity index (χ3n) is 7.22. The summed E-state index contributed by atoms with van der Waals surface area (Å²) in [5.41, 5.74) is 3.37. The van der Waals surface area contributed by atoms with Crippen LogP contribution < -0.4 is 19.5 Å². The van der Waals surface area contributed by atoms with Gasteiger partial charge in [0.15, 0.2) is 11.9 Å². The van der Waals surface area contributed by atoms with E-state index in [4.69, 9.17) is 17.4 Å². The molecule has 2 unspecified atom stereocenters. The highest BCUT2D eigenvalue weighted by molar-refractivity contribution is 7.58. The van der Waals surface area contributed by atoms with E-state index in [1.54, 1.807) is 11.8 Å². The number of aromatic nitrogens is 3. The van der Waals surface area contributed by atoms with Gasteiger partial charge in [0.1, 0.15) is 28.9 Å². The first-order valence-corrected chi connectivity index (χ1v) is 13.5. The fourth-order valence-corrected chi connectivity index (χ4v) is 5.42. The second kappa shape index (κ2) is 11.7. The molecule has 0 amide bonds. The van der Waals surface area contributed by atoms with E-state index in [0.29, 0.717) is 30.3 Å². The number of anilines is 2. The molecule has 10 heteroatoms. The molecule has 5 rings (SSSR count). The summed E-state index contributed by atoms with van der Waals surface area (Å²) in [5.74, 6) is 0.491. The van der Waals surface area contributed by atoms with Gasteiger partial charge in [-0.15, -0.1) is 0 Å². The van der Waals surface area contributed by atoms with Crippen molar-refractivity contribution in [2.45, 2.75) is 37.9 Å². The Labute approximate surface area is 238 Å². The number of nitrogens with zero attached hydrogens (tertiary/aromatic N) is 4. The maximum atomic E-state index is 12.0. The van der Waals surface area contributed by atoms with Gasteiger partial charge in [0, 0.05) is 48.0 Å². The van der Waals surface area contributed by atoms with Gasteiger partial charge in [0.25, 0.3) is 0 Å². The van der Waals surface area contributed by atoms with Gasteiger partial charge in [-0.05, 0) is 56.2 Å². The Morgan fingerprint density at radius 2 is 1.80 bits per heavy atom. The highest BCUT2D eigenvalue weighted by atomic mass is 32.1. The van der Waals surface area contributed by atoms with Crippen LogP contribution in [0.15, 0.2) is 84.0 Å². The molecule has 2 heterocycles. The van der Waals surface area contributed by atoms with Gasteiger partial charge in [-0.3, -0.25) is 4.79 Å². The van der Waals surface area contributed by atoms with E-state index in [0.717, 1.165) is 28.6 Å². The van der Waals surface area contributed by atoms with Gasteiger partial charge in [-0.1, -0.05) is 35.0 Å². The molecule has 1 aromatic heterocycles. The van der Waals surface area contributed by atoms with Crippen molar-refractivity contribution >= 4 is 35.8 Å². The average Bonchev–Trinajstić information content (AvgIpc) is 3.26. The Kier molecular flexibility index (Phi) is 7.97. The number of Topliss-reactive ketones (excluding diaryl/α,β-unsaturated/α-hetero) is 1. The SMILES string of the molecule is CC(=O)C1CCC(C(=O)O)N(c2cccc(OCNc3cccc(-[n+]4c([S-])nn(-c5ccccc5)c4C)c3)c2)C1. The Morgan fingerprint density at radius 3 is 2.55 bits per heavy atom. The van der Waals surface area contributed by atoms with Crippen LogP contribution in [0.25, 0.3) is 11.4 Å². The predicted octanol–water partition coefficient (Wildman–Crippen LogP) is 4.07. The number of para-hydroxylation sites is 1. The van der Waals surface area contributed by atoms with Crippen molar-refractivity contribution in [1.82, 2.24) is 9.78 Å². The zero-order chi connectivity index (χ0) is 28.2. The minimum atomic E-state index is -0.889. The number of hydrogen-bond acceptors (Lipinski definition) is 7. The minimum Gasteiger partial charge on any atom is -0.702 e. The van der Waals surface area contributed by atoms with Crippen molar-refractivity contribution in [3.63, 3.8) is 0 Å². The highest BCUT2D eigenvalue weighted by Crippen LogP contribution is 2.31. The number of benzene rings is 3. The Morgan fingerprint density at radius 1 is 1.05 bits per heavy atom. The molecule has 206 valence electrons. The quantitative estimate of drug-likeness (QED) is 0.181. The van der Waals surface area contributed by atoms with Crippen LogP contribution in [0.5, 0.6) is 5.75 Å². The molecule has 3 aromatic carbocycles. The summed E-state index contributed by atoms with van der Waals surface area (Å²) in [6, 6.07) is 24.3. The van der Waals surface area contributed by atoms with E-state index in [2.05, 4.69) is 10.4 Å². The first-order valence-electron chi connectivity index (χ1n) is 13.1. The van der Waals surface area contributed by atoms with E-state index in [1.165, 1.54) is 0 Å². The van der Waals surface area contributed by atoms with Crippen LogP contribution in [0, 0.1) is 12.8 Å². The third-order valence-corrected chi connectivity index (χ3v) is 7.48. The Hall–Kier alpha value is -4.44. The molecule has 40 heavy (non-hydrogen) atoms. The van der Waals surface area contributed by atoms with E-state index in [1.807, 2.05) is 95.0 Å². The number of aliphatic carboxylic acids is 1. The predicted molar refractivity (Wildman–Crippen MR) is 153 cm³/mol.